The maximum Gasteiger partial charge on any atom is 0.257 e. The second-order valence-electron chi connectivity index (χ2n) is 5.23. The minimum atomic E-state index is 0.0868. The molecule has 20 heavy (non-hydrogen) atoms. The van der Waals surface area contributed by atoms with Crippen LogP contribution < -0.4 is 4.74 Å². The molecule has 0 spiro atoms. The molecule has 1 aliphatic rings. The molecule has 0 bridgehead atoms. The van der Waals surface area contributed by atoms with Gasteiger partial charge < -0.3 is 9.64 Å². The molecule has 1 fully saturated rings. The van der Waals surface area contributed by atoms with Gasteiger partial charge in [0.15, 0.2) is 0 Å². The summed E-state index contributed by atoms with van der Waals surface area (Å²) in [7, 11) is 1.61. The predicted octanol–water partition coefficient (Wildman–Crippen LogP) is 4.25. The molecule has 1 saturated carbocycles. The number of benzene rings is 1. The van der Waals surface area contributed by atoms with Crippen LogP contribution in [0.5, 0.6) is 5.75 Å². The summed E-state index contributed by atoms with van der Waals surface area (Å²) >= 11 is 3.41. The first kappa shape index (κ1) is 15.4. The first-order valence-corrected chi connectivity index (χ1v) is 8.11. The summed E-state index contributed by atoms with van der Waals surface area (Å²) in [6.07, 6.45) is 6.00. The van der Waals surface area contributed by atoms with Gasteiger partial charge in [0.2, 0.25) is 0 Å². The molecular weight excluding hydrogens is 318 g/mol. The zero-order chi connectivity index (χ0) is 14.5. The molecule has 1 aromatic rings. The Balaban J connectivity index is 2.23. The highest BCUT2D eigenvalue weighted by Crippen LogP contribution is 2.28. The number of carbonyl (C=O) groups excluding carboxylic acids is 1. The molecule has 0 unspecified atom stereocenters. The van der Waals surface area contributed by atoms with Crippen LogP contribution in [0.1, 0.15) is 49.4 Å². The van der Waals surface area contributed by atoms with Crippen LogP contribution in [-0.4, -0.2) is 30.5 Å². The summed E-state index contributed by atoms with van der Waals surface area (Å²) in [4.78, 5) is 14.8. The summed E-state index contributed by atoms with van der Waals surface area (Å²) in [5.41, 5.74) is 0.656. The van der Waals surface area contributed by atoms with Crippen LogP contribution in [0, 0.1) is 0 Å². The van der Waals surface area contributed by atoms with E-state index in [4.69, 9.17) is 4.74 Å². The van der Waals surface area contributed by atoms with Gasteiger partial charge in [-0.2, -0.15) is 0 Å². The van der Waals surface area contributed by atoms with Crippen LogP contribution in [0.3, 0.4) is 0 Å². The van der Waals surface area contributed by atoms with E-state index in [0.29, 0.717) is 17.4 Å². The molecule has 1 aromatic carbocycles. The first-order valence-electron chi connectivity index (χ1n) is 7.32. The minimum absolute atomic E-state index is 0.0868. The maximum atomic E-state index is 12.8. The number of hydrogen-bond donors (Lipinski definition) is 0. The SMILES string of the molecule is CCN(C(=O)c1ccc(Br)cc1OC)C1CCCCC1. The van der Waals surface area contributed by atoms with Gasteiger partial charge in [0.05, 0.1) is 12.7 Å². The van der Waals surface area contributed by atoms with Gasteiger partial charge >= 0.3 is 0 Å². The molecule has 1 aliphatic carbocycles. The number of methoxy groups -OCH3 is 1. The third-order valence-electron chi connectivity index (χ3n) is 4.01. The van der Waals surface area contributed by atoms with E-state index < -0.39 is 0 Å². The fraction of sp³-hybridized carbons (Fsp3) is 0.562. The van der Waals surface area contributed by atoms with Crippen molar-refractivity contribution < 1.29 is 9.53 Å². The Bertz CT molecular complexity index is 470. The molecule has 1 amide bonds. The normalized spacial score (nSPS) is 15.9. The van der Waals surface area contributed by atoms with E-state index in [0.717, 1.165) is 23.9 Å². The van der Waals surface area contributed by atoms with Gasteiger partial charge in [-0.15, -0.1) is 0 Å². The largest absolute Gasteiger partial charge is 0.496 e. The number of nitrogens with zero attached hydrogens (tertiary/aromatic N) is 1. The van der Waals surface area contributed by atoms with E-state index in [2.05, 4.69) is 22.9 Å². The van der Waals surface area contributed by atoms with Gasteiger partial charge in [-0.1, -0.05) is 35.2 Å². The van der Waals surface area contributed by atoms with Crippen molar-refractivity contribution in [3.63, 3.8) is 0 Å². The van der Waals surface area contributed by atoms with Crippen LogP contribution >= 0.6 is 15.9 Å². The molecule has 0 atom stereocenters. The van der Waals surface area contributed by atoms with E-state index >= 15 is 0 Å². The standard InChI is InChI=1S/C16H22BrNO2/c1-3-18(13-7-5-4-6-8-13)16(19)14-10-9-12(17)11-15(14)20-2/h9-11,13H,3-8H2,1-2H3. The lowest BCUT2D eigenvalue weighted by atomic mass is 9.93. The molecule has 0 aliphatic heterocycles. The number of hydrogen-bond acceptors (Lipinski definition) is 2. The third kappa shape index (κ3) is 3.35. The monoisotopic (exact) mass is 339 g/mol. The lowest BCUT2D eigenvalue weighted by molar-refractivity contribution is 0.0644. The summed E-state index contributed by atoms with van der Waals surface area (Å²) in [6.45, 7) is 2.81. The summed E-state index contributed by atoms with van der Waals surface area (Å²) in [6, 6.07) is 5.97. The van der Waals surface area contributed by atoms with Gasteiger partial charge in [0, 0.05) is 17.1 Å². The Labute approximate surface area is 129 Å². The molecule has 3 nitrogen and oxygen atoms in total. The first-order chi connectivity index (χ1) is 9.67. The molecule has 4 heteroatoms. The van der Waals surface area contributed by atoms with Crippen molar-refractivity contribution in [3.05, 3.63) is 28.2 Å². The van der Waals surface area contributed by atoms with E-state index in [-0.39, 0.29) is 5.91 Å². The Kier molecular flexibility index (Phi) is 5.46. The zero-order valence-electron chi connectivity index (χ0n) is 12.2. The second kappa shape index (κ2) is 7.11. The lowest BCUT2D eigenvalue weighted by Gasteiger charge is -2.34. The van der Waals surface area contributed by atoms with Gasteiger partial charge in [0.1, 0.15) is 5.75 Å². The Hall–Kier alpha value is -1.03. The predicted molar refractivity (Wildman–Crippen MR) is 84.3 cm³/mol. The smallest absolute Gasteiger partial charge is 0.257 e. The Morgan fingerprint density at radius 3 is 2.65 bits per heavy atom. The molecule has 0 radical (unpaired) electrons. The highest BCUT2D eigenvalue weighted by Gasteiger charge is 2.26. The second-order valence-corrected chi connectivity index (χ2v) is 6.14. The molecular formula is C16H22BrNO2. The Morgan fingerprint density at radius 1 is 1.35 bits per heavy atom. The van der Waals surface area contributed by atoms with E-state index in [1.165, 1.54) is 19.3 Å². The fourth-order valence-corrected chi connectivity index (χ4v) is 3.30. The zero-order valence-corrected chi connectivity index (χ0v) is 13.8. The van der Waals surface area contributed by atoms with Crippen LogP contribution in [-0.2, 0) is 0 Å². The average molecular weight is 340 g/mol. The van der Waals surface area contributed by atoms with Crippen LogP contribution in [0.2, 0.25) is 0 Å². The molecule has 0 N–H and O–H groups in total. The minimum Gasteiger partial charge on any atom is -0.496 e. The van der Waals surface area contributed by atoms with E-state index in [9.17, 15) is 4.79 Å². The highest BCUT2D eigenvalue weighted by molar-refractivity contribution is 9.10. The maximum absolute atomic E-state index is 12.8. The van der Waals surface area contributed by atoms with Crippen molar-refractivity contribution in [3.8, 4) is 5.75 Å². The lowest BCUT2D eigenvalue weighted by Crippen LogP contribution is -2.41. The number of halogens is 1. The summed E-state index contributed by atoms with van der Waals surface area (Å²) < 4.78 is 6.27. The van der Waals surface area contributed by atoms with Crippen molar-refractivity contribution >= 4 is 21.8 Å². The van der Waals surface area contributed by atoms with Gasteiger partial charge in [-0.05, 0) is 38.0 Å². The van der Waals surface area contributed by atoms with Gasteiger partial charge in [-0.25, -0.2) is 0 Å². The fourth-order valence-electron chi connectivity index (χ4n) is 2.96. The molecule has 0 saturated heterocycles. The van der Waals surface area contributed by atoms with E-state index in [1.807, 2.05) is 23.1 Å². The molecule has 2 rings (SSSR count). The number of amides is 1. The van der Waals surface area contributed by atoms with Crippen molar-refractivity contribution in [2.75, 3.05) is 13.7 Å². The summed E-state index contributed by atoms with van der Waals surface area (Å²) in [5, 5.41) is 0. The van der Waals surface area contributed by atoms with Crippen molar-refractivity contribution in [1.29, 1.82) is 0 Å². The third-order valence-corrected chi connectivity index (χ3v) is 4.50. The van der Waals surface area contributed by atoms with Gasteiger partial charge in [-0.3, -0.25) is 4.79 Å². The van der Waals surface area contributed by atoms with Crippen molar-refractivity contribution in [2.24, 2.45) is 0 Å². The molecule has 0 heterocycles. The van der Waals surface area contributed by atoms with Crippen LogP contribution in [0.15, 0.2) is 22.7 Å². The Morgan fingerprint density at radius 2 is 2.05 bits per heavy atom. The molecule has 0 aromatic heterocycles. The number of rotatable bonds is 4. The van der Waals surface area contributed by atoms with Crippen LogP contribution in [0.4, 0.5) is 0 Å². The van der Waals surface area contributed by atoms with Crippen molar-refractivity contribution in [1.82, 2.24) is 4.90 Å². The average Bonchev–Trinajstić information content (AvgIpc) is 2.48. The van der Waals surface area contributed by atoms with Crippen molar-refractivity contribution in [2.45, 2.75) is 45.1 Å². The number of ether oxygens (including phenoxy) is 1. The molecule has 110 valence electrons. The quantitative estimate of drug-likeness (QED) is 0.820. The van der Waals surface area contributed by atoms with Crippen LogP contribution in [0.25, 0.3) is 0 Å². The highest BCUT2D eigenvalue weighted by atomic mass is 79.9. The topological polar surface area (TPSA) is 29.5 Å². The van der Waals surface area contributed by atoms with E-state index in [1.54, 1.807) is 7.11 Å². The number of carbonyl (C=O) groups is 1. The summed E-state index contributed by atoms with van der Waals surface area (Å²) in [5.74, 6) is 0.724. The van der Waals surface area contributed by atoms with Gasteiger partial charge in [0.25, 0.3) is 5.91 Å².